The van der Waals surface area contributed by atoms with Crippen LogP contribution in [0.4, 0.5) is 10.1 Å². The van der Waals surface area contributed by atoms with Crippen LogP contribution in [0.5, 0.6) is 0 Å². The number of halogens is 1. The van der Waals surface area contributed by atoms with Crippen LogP contribution in [-0.2, 0) is 4.79 Å². The summed E-state index contributed by atoms with van der Waals surface area (Å²) < 4.78 is 13.4. The number of carbonyl (C=O) groups is 1. The van der Waals surface area contributed by atoms with Crippen LogP contribution in [0.15, 0.2) is 30.5 Å². The molecule has 5 heteroatoms. The maximum atomic E-state index is 13.4. The van der Waals surface area contributed by atoms with Crippen LogP contribution in [-0.4, -0.2) is 30.0 Å². The quantitative estimate of drug-likeness (QED) is 0.904. The lowest BCUT2D eigenvalue weighted by atomic mass is 9.88. The predicted octanol–water partition coefficient (Wildman–Crippen LogP) is 4.04. The number of amides is 1. The standard InChI is InChI=1S/C21H26FN3O/c22-16-6-7-18-19(14-16)23-11-8-20(18)25-12-9-17(10-13-25)24-21(26)15-4-2-1-3-5-15/h6-8,11,14-15,17H,1-5,9-10,12-13H2,(H,24,26). The van der Waals surface area contributed by atoms with Crippen molar-refractivity contribution < 1.29 is 9.18 Å². The Hall–Kier alpha value is -2.17. The van der Waals surface area contributed by atoms with E-state index in [-0.39, 0.29) is 23.7 Å². The first-order chi connectivity index (χ1) is 12.7. The molecule has 2 heterocycles. The van der Waals surface area contributed by atoms with Gasteiger partial charge in [-0.3, -0.25) is 9.78 Å². The minimum Gasteiger partial charge on any atom is -0.371 e. The number of piperidine rings is 1. The summed E-state index contributed by atoms with van der Waals surface area (Å²) in [5, 5.41) is 4.26. The van der Waals surface area contributed by atoms with Gasteiger partial charge >= 0.3 is 0 Å². The molecule has 0 radical (unpaired) electrons. The van der Waals surface area contributed by atoms with Gasteiger partial charge in [0.15, 0.2) is 0 Å². The molecule has 2 fully saturated rings. The van der Waals surface area contributed by atoms with E-state index >= 15 is 0 Å². The maximum Gasteiger partial charge on any atom is 0.223 e. The summed E-state index contributed by atoms with van der Waals surface area (Å²) in [5.74, 6) is 0.222. The number of carbonyl (C=O) groups excluding carboxylic acids is 1. The molecule has 26 heavy (non-hydrogen) atoms. The van der Waals surface area contributed by atoms with E-state index in [4.69, 9.17) is 0 Å². The van der Waals surface area contributed by atoms with Crippen molar-refractivity contribution in [2.24, 2.45) is 5.92 Å². The van der Waals surface area contributed by atoms with Crippen LogP contribution in [0, 0.1) is 11.7 Å². The first kappa shape index (κ1) is 17.3. The molecule has 4 rings (SSSR count). The minimum absolute atomic E-state index is 0.223. The van der Waals surface area contributed by atoms with Crippen LogP contribution < -0.4 is 10.2 Å². The zero-order valence-electron chi connectivity index (χ0n) is 15.1. The Kier molecular flexibility index (Phi) is 5.05. The molecule has 1 amide bonds. The van der Waals surface area contributed by atoms with E-state index < -0.39 is 0 Å². The Bertz CT molecular complexity index is 780. The highest BCUT2D eigenvalue weighted by Gasteiger charge is 2.26. The number of hydrogen-bond donors (Lipinski definition) is 1. The molecule has 1 saturated heterocycles. The number of hydrogen-bond acceptors (Lipinski definition) is 3. The molecule has 0 unspecified atom stereocenters. The molecule has 4 nitrogen and oxygen atoms in total. The van der Waals surface area contributed by atoms with E-state index in [1.54, 1.807) is 6.20 Å². The summed E-state index contributed by atoms with van der Waals surface area (Å²) in [6.07, 6.45) is 9.37. The van der Waals surface area contributed by atoms with E-state index in [0.29, 0.717) is 5.52 Å². The third kappa shape index (κ3) is 3.67. The molecule has 1 aliphatic heterocycles. The average Bonchev–Trinajstić information content (AvgIpc) is 2.68. The molecule has 1 aromatic carbocycles. The smallest absolute Gasteiger partial charge is 0.223 e. The Labute approximate surface area is 153 Å². The first-order valence-electron chi connectivity index (χ1n) is 9.80. The summed E-state index contributed by atoms with van der Waals surface area (Å²) in [4.78, 5) is 19.1. The van der Waals surface area contributed by atoms with Crippen molar-refractivity contribution in [3.05, 3.63) is 36.3 Å². The van der Waals surface area contributed by atoms with Gasteiger partial charge in [-0.05, 0) is 43.9 Å². The van der Waals surface area contributed by atoms with Gasteiger partial charge < -0.3 is 10.2 Å². The molecule has 0 atom stereocenters. The number of anilines is 1. The second-order valence-corrected chi connectivity index (χ2v) is 7.60. The van der Waals surface area contributed by atoms with Gasteiger partial charge in [-0.2, -0.15) is 0 Å². The highest BCUT2D eigenvalue weighted by Crippen LogP contribution is 2.29. The maximum absolute atomic E-state index is 13.4. The van der Waals surface area contributed by atoms with Crippen molar-refractivity contribution in [2.75, 3.05) is 18.0 Å². The Morgan fingerprint density at radius 1 is 1.08 bits per heavy atom. The zero-order chi connectivity index (χ0) is 17.9. The van der Waals surface area contributed by atoms with Gasteiger partial charge in [-0.1, -0.05) is 19.3 Å². The van der Waals surface area contributed by atoms with E-state index in [2.05, 4.69) is 15.2 Å². The van der Waals surface area contributed by atoms with Gasteiger partial charge in [0.2, 0.25) is 5.91 Å². The molecule has 0 bridgehead atoms. The third-order valence-electron chi connectivity index (χ3n) is 5.84. The first-order valence-corrected chi connectivity index (χ1v) is 9.80. The molecule has 1 aliphatic carbocycles. The highest BCUT2D eigenvalue weighted by molar-refractivity contribution is 5.91. The van der Waals surface area contributed by atoms with Crippen molar-refractivity contribution in [2.45, 2.75) is 51.0 Å². The van der Waals surface area contributed by atoms with E-state index in [0.717, 1.165) is 49.8 Å². The number of pyridine rings is 1. The van der Waals surface area contributed by atoms with Crippen molar-refractivity contribution in [1.29, 1.82) is 0 Å². The van der Waals surface area contributed by atoms with Crippen LogP contribution in [0.2, 0.25) is 0 Å². The average molecular weight is 355 g/mol. The van der Waals surface area contributed by atoms with Crippen molar-refractivity contribution in [3.8, 4) is 0 Å². The SMILES string of the molecule is O=C(NC1CCN(c2ccnc3cc(F)ccc23)CC1)C1CCCCC1. The van der Waals surface area contributed by atoms with Gasteiger partial charge in [0, 0.05) is 48.4 Å². The third-order valence-corrected chi connectivity index (χ3v) is 5.84. The summed E-state index contributed by atoms with van der Waals surface area (Å²) in [5.41, 5.74) is 1.79. The van der Waals surface area contributed by atoms with E-state index in [1.807, 2.05) is 12.1 Å². The Morgan fingerprint density at radius 2 is 1.85 bits per heavy atom. The number of rotatable bonds is 3. The van der Waals surface area contributed by atoms with Gasteiger partial charge in [0.25, 0.3) is 0 Å². The highest BCUT2D eigenvalue weighted by atomic mass is 19.1. The molecule has 138 valence electrons. The lowest BCUT2D eigenvalue weighted by Crippen LogP contribution is -2.46. The second kappa shape index (κ2) is 7.60. The van der Waals surface area contributed by atoms with Gasteiger partial charge in [-0.15, -0.1) is 0 Å². The lowest BCUT2D eigenvalue weighted by Gasteiger charge is -2.35. The van der Waals surface area contributed by atoms with Crippen molar-refractivity contribution in [3.63, 3.8) is 0 Å². The number of fused-ring (bicyclic) bond motifs is 1. The largest absolute Gasteiger partial charge is 0.371 e. The molecule has 1 aromatic heterocycles. The summed E-state index contributed by atoms with van der Waals surface area (Å²) >= 11 is 0. The normalized spacial score (nSPS) is 19.7. The molecular formula is C21H26FN3O. The summed E-state index contributed by atoms with van der Waals surface area (Å²) in [7, 11) is 0. The van der Waals surface area contributed by atoms with E-state index in [9.17, 15) is 9.18 Å². The fraction of sp³-hybridized carbons (Fsp3) is 0.524. The summed E-state index contributed by atoms with van der Waals surface area (Å²) in [6, 6.07) is 7.05. The Balaban J connectivity index is 1.38. The molecule has 1 saturated carbocycles. The fourth-order valence-corrected chi connectivity index (χ4v) is 4.33. The minimum atomic E-state index is -0.258. The van der Waals surface area contributed by atoms with Crippen LogP contribution in [0.1, 0.15) is 44.9 Å². The topological polar surface area (TPSA) is 45.2 Å². The fourth-order valence-electron chi connectivity index (χ4n) is 4.33. The molecule has 0 spiro atoms. The number of nitrogens with one attached hydrogen (secondary N) is 1. The van der Waals surface area contributed by atoms with Crippen LogP contribution in [0.25, 0.3) is 10.9 Å². The van der Waals surface area contributed by atoms with Crippen LogP contribution >= 0.6 is 0 Å². The molecular weight excluding hydrogens is 329 g/mol. The van der Waals surface area contributed by atoms with E-state index in [1.165, 1.54) is 31.4 Å². The summed E-state index contributed by atoms with van der Waals surface area (Å²) in [6.45, 7) is 1.79. The monoisotopic (exact) mass is 355 g/mol. The molecule has 2 aliphatic rings. The Morgan fingerprint density at radius 3 is 2.62 bits per heavy atom. The molecule has 1 N–H and O–H groups in total. The zero-order valence-corrected chi connectivity index (χ0v) is 15.1. The molecule has 2 aromatic rings. The van der Waals surface area contributed by atoms with Gasteiger partial charge in [0.1, 0.15) is 5.82 Å². The van der Waals surface area contributed by atoms with Crippen LogP contribution in [0.3, 0.4) is 0 Å². The van der Waals surface area contributed by atoms with Gasteiger partial charge in [-0.25, -0.2) is 4.39 Å². The van der Waals surface area contributed by atoms with Crippen molar-refractivity contribution >= 4 is 22.5 Å². The number of nitrogens with zero attached hydrogens (tertiary/aromatic N) is 2. The van der Waals surface area contributed by atoms with Gasteiger partial charge in [0.05, 0.1) is 5.52 Å². The lowest BCUT2D eigenvalue weighted by molar-refractivity contribution is -0.126. The predicted molar refractivity (Wildman–Crippen MR) is 102 cm³/mol. The van der Waals surface area contributed by atoms with Crippen molar-refractivity contribution in [1.82, 2.24) is 10.3 Å². The second-order valence-electron chi connectivity index (χ2n) is 7.60. The number of aromatic nitrogens is 1. The number of benzene rings is 1.